The van der Waals surface area contributed by atoms with Crippen LogP contribution in [-0.2, 0) is 14.8 Å². The van der Waals surface area contributed by atoms with Gasteiger partial charge in [-0.15, -0.1) is 11.8 Å². The van der Waals surface area contributed by atoms with Gasteiger partial charge in [0, 0.05) is 24.2 Å². The van der Waals surface area contributed by atoms with Gasteiger partial charge in [0.25, 0.3) is 0 Å². The fourth-order valence-corrected chi connectivity index (χ4v) is 6.14. The summed E-state index contributed by atoms with van der Waals surface area (Å²) in [5.41, 5.74) is 0.753. The van der Waals surface area contributed by atoms with E-state index < -0.39 is 21.4 Å². The molecule has 1 aliphatic rings. The molecule has 1 unspecified atom stereocenters. The van der Waals surface area contributed by atoms with Gasteiger partial charge in [-0.2, -0.15) is 4.31 Å². The van der Waals surface area contributed by atoms with Gasteiger partial charge in [-0.25, -0.2) is 8.42 Å². The number of hydrogen-bond acceptors (Lipinski definition) is 6. The number of nitrogens with zero attached hydrogens (tertiary/aromatic N) is 1. The normalized spacial score (nSPS) is 17.7. The zero-order valence-corrected chi connectivity index (χ0v) is 17.1. The molecular formula is C18H18ClNO5S2. The molecule has 2 aromatic carbocycles. The Morgan fingerprint density at radius 3 is 2.52 bits per heavy atom. The van der Waals surface area contributed by atoms with Crippen molar-refractivity contribution in [1.29, 1.82) is 0 Å². The van der Waals surface area contributed by atoms with Crippen molar-refractivity contribution in [2.24, 2.45) is 0 Å². The number of ether oxygens (including phenoxy) is 2. The number of halogens is 1. The van der Waals surface area contributed by atoms with E-state index in [2.05, 4.69) is 0 Å². The second kappa shape index (κ2) is 8.10. The number of thioether (sulfide) groups is 1. The zero-order valence-electron chi connectivity index (χ0n) is 14.7. The molecule has 27 heavy (non-hydrogen) atoms. The molecule has 3 rings (SSSR count). The van der Waals surface area contributed by atoms with Crippen molar-refractivity contribution in [1.82, 2.24) is 4.31 Å². The van der Waals surface area contributed by atoms with Crippen molar-refractivity contribution in [3.05, 3.63) is 53.1 Å². The molecule has 1 fully saturated rings. The largest absolute Gasteiger partial charge is 0.493 e. The Hall–Kier alpha value is -1.74. The van der Waals surface area contributed by atoms with Gasteiger partial charge in [-0.05, 0) is 42.0 Å². The van der Waals surface area contributed by atoms with Crippen LogP contribution in [0.15, 0.2) is 47.4 Å². The summed E-state index contributed by atoms with van der Waals surface area (Å²) in [7, 11) is -2.21. The van der Waals surface area contributed by atoms with Crippen LogP contribution >= 0.6 is 23.4 Å². The number of sulfonamides is 1. The van der Waals surface area contributed by atoms with Crippen molar-refractivity contribution in [2.75, 3.05) is 19.4 Å². The lowest BCUT2D eigenvalue weighted by Crippen LogP contribution is -2.30. The lowest BCUT2D eigenvalue weighted by molar-refractivity contribution is -0.132. The number of benzene rings is 2. The Morgan fingerprint density at radius 1 is 1.19 bits per heavy atom. The molecule has 1 aliphatic heterocycles. The van der Waals surface area contributed by atoms with Crippen molar-refractivity contribution in [3.8, 4) is 11.5 Å². The molecule has 0 bridgehead atoms. The molecule has 2 aromatic rings. The van der Waals surface area contributed by atoms with Crippen LogP contribution in [0.5, 0.6) is 11.5 Å². The van der Waals surface area contributed by atoms with Crippen LogP contribution in [0.1, 0.15) is 17.9 Å². The average molecular weight is 428 g/mol. The van der Waals surface area contributed by atoms with Gasteiger partial charge in [0.2, 0.25) is 10.0 Å². The van der Waals surface area contributed by atoms with E-state index in [1.54, 1.807) is 30.3 Å². The van der Waals surface area contributed by atoms with Crippen LogP contribution in [-0.4, -0.2) is 38.1 Å². The minimum atomic E-state index is -3.67. The Labute approximate surface area is 167 Å². The highest BCUT2D eigenvalue weighted by Crippen LogP contribution is 2.43. The molecule has 1 saturated heterocycles. The van der Waals surface area contributed by atoms with Crippen molar-refractivity contribution < 1.29 is 22.7 Å². The van der Waals surface area contributed by atoms with E-state index in [1.165, 1.54) is 42.2 Å². The number of carbonyl (C=O) groups is 1. The lowest BCUT2D eigenvalue weighted by atomic mass is 10.2. The van der Waals surface area contributed by atoms with Gasteiger partial charge in [-0.1, -0.05) is 17.7 Å². The van der Waals surface area contributed by atoms with E-state index in [-0.39, 0.29) is 4.90 Å². The van der Waals surface area contributed by atoms with Gasteiger partial charge in [0.1, 0.15) is 0 Å². The summed E-state index contributed by atoms with van der Waals surface area (Å²) < 4.78 is 38.0. The molecule has 0 N–H and O–H groups in total. The quantitative estimate of drug-likeness (QED) is 0.535. The van der Waals surface area contributed by atoms with Crippen molar-refractivity contribution in [2.45, 2.75) is 17.2 Å². The van der Waals surface area contributed by atoms with Gasteiger partial charge < -0.3 is 9.47 Å². The molecule has 0 saturated carbocycles. The number of rotatable bonds is 5. The summed E-state index contributed by atoms with van der Waals surface area (Å²) in [6.45, 7) is 1.70. The second-order valence-corrected chi connectivity index (χ2v) is 9.31. The maximum Gasteiger partial charge on any atom is 0.308 e. The van der Waals surface area contributed by atoms with Crippen LogP contribution in [0.4, 0.5) is 0 Å². The third-order valence-corrected chi connectivity index (χ3v) is 7.52. The fourth-order valence-electron chi connectivity index (χ4n) is 2.78. The van der Waals surface area contributed by atoms with E-state index in [0.717, 1.165) is 5.56 Å². The first kappa shape index (κ1) is 20.0. The Bertz CT molecular complexity index is 947. The molecule has 0 aliphatic carbocycles. The monoisotopic (exact) mass is 427 g/mol. The summed E-state index contributed by atoms with van der Waals surface area (Å²) in [6, 6.07) is 11.2. The Balaban J connectivity index is 1.94. The smallest absolute Gasteiger partial charge is 0.308 e. The molecule has 0 aromatic heterocycles. The number of carbonyl (C=O) groups excluding carboxylic acids is 1. The number of hydrogen-bond donors (Lipinski definition) is 0. The van der Waals surface area contributed by atoms with Crippen LogP contribution in [0.2, 0.25) is 5.02 Å². The fraction of sp³-hybridized carbons (Fsp3) is 0.278. The van der Waals surface area contributed by atoms with Crippen LogP contribution in [0.25, 0.3) is 0 Å². The maximum absolute atomic E-state index is 13.1. The van der Waals surface area contributed by atoms with E-state index >= 15 is 0 Å². The standard InChI is InChI=1S/C18H18ClNO5S2/c1-12(21)25-16-8-3-13(11-17(16)24-2)18-20(9-10-26-18)27(22,23)15-6-4-14(19)5-7-15/h3-8,11,18H,9-10H2,1-2H3. The minimum Gasteiger partial charge on any atom is -0.493 e. The molecule has 0 spiro atoms. The van der Waals surface area contributed by atoms with E-state index in [1.807, 2.05) is 0 Å². The summed E-state index contributed by atoms with van der Waals surface area (Å²) >= 11 is 7.39. The first-order valence-electron chi connectivity index (χ1n) is 8.08. The van der Waals surface area contributed by atoms with Gasteiger partial charge >= 0.3 is 5.97 Å². The minimum absolute atomic E-state index is 0.197. The molecule has 1 atom stereocenters. The summed E-state index contributed by atoms with van der Waals surface area (Å²) in [4.78, 5) is 11.4. The number of esters is 1. The van der Waals surface area contributed by atoms with Gasteiger partial charge in [0.15, 0.2) is 11.5 Å². The van der Waals surface area contributed by atoms with Gasteiger partial charge in [0.05, 0.1) is 17.4 Å². The average Bonchev–Trinajstić information content (AvgIpc) is 3.12. The summed E-state index contributed by atoms with van der Waals surface area (Å²) in [6.07, 6.45) is 0. The first-order chi connectivity index (χ1) is 12.8. The summed E-state index contributed by atoms with van der Waals surface area (Å²) in [5.74, 6) is 0.886. The highest BCUT2D eigenvalue weighted by Gasteiger charge is 2.37. The molecule has 144 valence electrons. The second-order valence-electron chi connectivity index (χ2n) is 5.80. The van der Waals surface area contributed by atoms with E-state index in [4.69, 9.17) is 21.1 Å². The molecule has 6 nitrogen and oxygen atoms in total. The Morgan fingerprint density at radius 2 is 1.89 bits per heavy atom. The highest BCUT2D eigenvalue weighted by molar-refractivity contribution is 8.01. The molecule has 1 heterocycles. The van der Waals surface area contributed by atoms with E-state index in [0.29, 0.717) is 28.8 Å². The predicted molar refractivity (Wildman–Crippen MR) is 105 cm³/mol. The van der Waals surface area contributed by atoms with Crippen molar-refractivity contribution >= 4 is 39.4 Å². The number of methoxy groups -OCH3 is 1. The van der Waals surface area contributed by atoms with Crippen LogP contribution in [0, 0.1) is 0 Å². The maximum atomic E-state index is 13.1. The molecule has 0 radical (unpaired) electrons. The van der Waals surface area contributed by atoms with Crippen molar-refractivity contribution in [3.63, 3.8) is 0 Å². The van der Waals surface area contributed by atoms with Gasteiger partial charge in [-0.3, -0.25) is 4.79 Å². The molecule has 9 heteroatoms. The van der Waals surface area contributed by atoms with E-state index in [9.17, 15) is 13.2 Å². The van der Waals surface area contributed by atoms with Crippen LogP contribution in [0.3, 0.4) is 0 Å². The third-order valence-electron chi connectivity index (χ3n) is 4.00. The molecular weight excluding hydrogens is 410 g/mol. The van der Waals surface area contributed by atoms with Crippen LogP contribution < -0.4 is 9.47 Å². The molecule has 0 amide bonds. The topological polar surface area (TPSA) is 72.9 Å². The zero-order chi connectivity index (χ0) is 19.6. The predicted octanol–water partition coefficient (Wildman–Crippen LogP) is 3.71. The Kier molecular flexibility index (Phi) is 6.00. The highest BCUT2D eigenvalue weighted by atomic mass is 35.5. The third kappa shape index (κ3) is 4.24. The summed E-state index contributed by atoms with van der Waals surface area (Å²) in [5, 5.41) is 0.0815. The lowest BCUT2D eigenvalue weighted by Gasteiger charge is -2.24. The first-order valence-corrected chi connectivity index (χ1v) is 10.9. The SMILES string of the molecule is COc1cc(C2SCCN2S(=O)(=O)c2ccc(Cl)cc2)ccc1OC(C)=O.